The lowest BCUT2D eigenvalue weighted by atomic mass is 10.1. The molecule has 1 heterocycles. The standard InChI is InChI=1S/C21H17FN2O2/c22-17-8-11-20(12-9-17)26-15-21(25)24-19-6-3-4-16(14-19)7-10-18-5-1-2-13-23-18/h1-14H,15H2,(H,24,25). The van der Waals surface area contributed by atoms with E-state index < -0.39 is 0 Å². The summed E-state index contributed by atoms with van der Waals surface area (Å²) in [7, 11) is 0. The molecule has 5 heteroatoms. The second kappa shape index (κ2) is 8.58. The van der Waals surface area contributed by atoms with Crippen LogP contribution in [0.15, 0.2) is 72.9 Å². The SMILES string of the molecule is O=C(COc1ccc(F)cc1)Nc1cccc(C=Cc2ccccn2)c1. The third-order valence-corrected chi connectivity index (χ3v) is 3.49. The monoisotopic (exact) mass is 348 g/mol. The van der Waals surface area contributed by atoms with Gasteiger partial charge >= 0.3 is 0 Å². The van der Waals surface area contributed by atoms with E-state index in [-0.39, 0.29) is 18.3 Å². The van der Waals surface area contributed by atoms with Crippen molar-refractivity contribution in [3.05, 3.63) is 90.0 Å². The Morgan fingerprint density at radius 3 is 2.65 bits per heavy atom. The van der Waals surface area contributed by atoms with Gasteiger partial charge in [0, 0.05) is 11.9 Å². The molecule has 0 atom stereocenters. The number of carbonyl (C=O) groups is 1. The Hall–Kier alpha value is -3.47. The van der Waals surface area contributed by atoms with Crippen LogP contribution in [0.2, 0.25) is 0 Å². The minimum absolute atomic E-state index is 0.153. The summed E-state index contributed by atoms with van der Waals surface area (Å²) in [5.41, 5.74) is 2.46. The molecule has 2 aromatic carbocycles. The van der Waals surface area contributed by atoms with E-state index in [1.54, 1.807) is 12.3 Å². The molecule has 0 aliphatic rings. The summed E-state index contributed by atoms with van der Waals surface area (Å²) >= 11 is 0. The molecule has 0 bridgehead atoms. The Bertz CT molecular complexity index is 893. The van der Waals surface area contributed by atoms with Crippen LogP contribution in [0.4, 0.5) is 10.1 Å². The number of aromatic nitrogens is 1. The molecule has 0 fully saturated rings. The first-order valence-electron chi connectivity index (χ1n) is 8.06. The Kier molecular flexibility index (Phi) is 5.72. The van der Waals surface area contributed by atoms with Gasteiger partial charge in [-0.2, -0.15) is 0 Å². The zero-order valence-corrected chi connectivity index (χ0v) is 13.9. The molecule has 3 aromatic rings. The van der Waals surface area contributed by atoms with Crippen molar-refractivity contribution in [2.24, 2.45) is 0 Å². The average molecular weight is 348 g/mol. The van der Waals surface area contributed by atoms with Gasteiger partial charge in [0.05, 0.1) is 5.69 Å². The van der Waals surface area contributed by atoms with Crippen LogP contribution < -0.4 is 10.1 Å². The van der Waals surface area contributed by atoms with E-state index in [1.165, 1.54) is 24.3 Å². The van der Waals surface area contributed by atoms with Crippen molar-refractivity contribution < 1.29 is 13.9 Å². The van der Waals surface area contributed by atoms with E-state index in [9.17, 15) is 9.18 Å². The van der Waals surface area contributed by atoms with E-state index in [0.717, 1.165) is 11.3 Å². The van der Waals surface area contributed by atoms with E-state index >= 15 is 0 Å². The van der Waals surface area contributed by atoms with Crippen LogP contribution in [-0.2, 0) is 4.79 Å². The highest BCUT2D eigenvalue weighted by Gasteiger charge is 2.04. The maximum absolute atomic E-state index is 12.8. The van der Waals surface area contributed by atoms with Crippen molar-refractivity contribution in [1.29, 1.82) is 0 Å². The predicted molar refractivity (Wildman–Crippen MR) is 100 cm³/mol. The summed E-state index contributed by atoms with van der Waals surface area (Å²) in [5.74, 6) is -0.203. The zero-order chi connectivity index (χ0) is 18.2. The molecule has 1 amide bonds. The fraction of sp³-hybridized carbons (Fsp3) is 0.0476. The topological polar surface area (TPSA) is 51.2 Å². The Labute approximate surface area is 151 Å². The number of amides is 1. The summed E-state index contributed by atoms with van der Waals surface area (Å²) in [4.78, 5) is 16.2. The van der Waals surface area contributed by atoms with Crippen molar-refractivity contribution in [3.8, 4) is 5.75 Å². The molecule has 1 N–H and O–H groups in total. The molecule has 0 saturated carbocycles. The summed E-state index contributed by atoms with van der Waals surface area (Å²) < 4.78 is 18.2. The van der Waals surface area contributed by atoms with Crippen molar-refractivity contribution in [2.75, 3.05) is 11.9 Å². The lowest BCUT2D eigenvalue weighted by molar-refractivity contribution is -0.118. The van der Waals surface area contributed by atoms with Crippen LogP contribution in [0, 0.1) is 5.82 Å². The molecule has 4 nitrogen and oxygen atoms in total. The largest absolute Gasteiger partial charge is 0.484 e. The normalized spacial score (nSPS) is 10.7. The van der Waals surface area contributed by atoms with Gasteiger partial charge in [-0.15, -0.1) is 0 Å². The highest BCUT2D eigenvalue weighted by atomic mass is 19.1. The molecule has 0 aliphatic carbocycles. The number of nitrogens with zero attached hydrogens (tertiary/aromatic N) is 1. The first-order chi connectivity index (χ1) is 12.7. The van der Waals surface area contributed by atoms with E-state index in [2.05, 4.69) is 10.3 Å². The molecule has 0 saturated heterocycles. The molecule has 3 rings (SSSR count). The van der Waals surface area contributed by atoms with Gasteiger partial charge in [-0.3, -0.25) is 9.78 Å². The van der Waals surface area contributed by atoms with Crippen LogP contribution in [0.3, 0.4) is 0 Å². The van der Waals surface area contributed by atoms with E-state index in [1.807, 2.05) is 48.6 Å². The maximum Gasteiger partial charge on any atom is 0.262 e. The van der Waals surface area contributed by atoms with Gasteiger partial charge in [0.2, 0.25) is 0 Å². The molecule has 1 aromatic heterocycles. The number of anilines is 1. The van der Waals surface area contributed by atoms with Crippen LogP contribution in [-0.4, -0.2) is 17.5 Å². The van der Waals surface area contributed by atoms with Crippen molar-refractivity contribution in [1.82, 2.24) is 4.98 Å². The predicted octanol–water partition coefficient (Wildman–Crippen LogP) is 4.41. The van der Waals surface area contributed by atoms with Gasteiger partial charge in [-0.25, -0.2) is 4.39 Å². The Balaban J connectivity index is 1.56. The second-order valence-electron chi connectivity index (χ2n) is 5.50. The molecular weight excluding hydrogens is 331 g/mol. The molecular formula is C21H17FN2O2. The minimum Gasteiger partial charge on any atom is -0.484 e. The Morgan fingerprint density at radius 1 is 1.04 bits per heavy atom. The van der Waals surface area contributed by atoms with Gasteiger partial charge in [0.25, 0.3) is 5.91 Å². The van der Waals surface area contributed by atoms with Crippen LogP contribution >= 0.6 is 0 Å². The van der Waals surface area contributed by atoms with Crippen molar-refractivity contribution in [3.63, 3.8) is 0 Å². The number of rotatable bonds is 6. The summed E-state index contributed by atoms with van der Waals surface area (Å²) in [6.45, 7) is -0.153. The molecule has 0 unspecified atom stereocenters. The third-order valence-electron chi connectivity index (χ3n) is 3.49. The molecule has 26 heavy (non-hydrogen) atoms. The molecule has 130 valence electrons. The lowest BCUT2D eigenvalue weighted by Gasteiger charge is -2.08. The van der Waals surface area contributed by atoms with Gasteiger partial charge in [-0.05, 0) is 60.2 Å². The summed E-state index contributed by atoms with van der Waals surface area (Å²) in [6, 6.07) is 18.7. The van der Waals surface area contributed by atoms with Crippen molar-refractivity contribution >= 4 is 23.7 Å². The quantitative estimate of drug-likeness (QED) is 0.718. The summed E-state index contributed by atoms with van der Waals surface area (Å²) in [6.07, 6.45) is 5.56. The van der Waals surface area contributed by atoms with Gasteiger partial charge in [-0.1, -0.05) is 24.3 Å². The number of pyridine rings is 1. The van der Waals surface area contributed by atoms with Gasteiger partial charge < -0.3 is 10.1 Å². The highest BCUT2D eigenvalue weighted by molar-refractivity contribution is 5.92. The number of benzene rings is 2. The van der Waals surface area contributed by atoms with Crippen molar-refractivity contribution in [2.45, 2.75) is 0 Å². The maximum atomic E-state index is 12.8. The highest BCUT2D eigenvalue weighted by Crippen LogP contribution is 2.14. The number of ether oxygens (including phenoxy) is 1. The Morgan fingerprint density at radius 2 is 1.88 bits per heavy atom. The molecule has 0 aliphatic heterocycles. The summed E-state index contributed by atoms with van der Waals surface area (Å²) in [5, 5.41) is 2.77. The van der Waals surface area contributed by atoms with E-state index in [0.29, 0.717) is 11.4 Å². The van der Waals surface area contributed by atoms with Crippen LogP contribution in [0.1, 0.15) is 11.3 Å². The van der Waals surface area contributed by atoms with Gasteiger partial charge in [0.1, 0.15) is 11.6 Å². The number of nitrogens with one attached hydrogen (secondary N) is 1. The number of carbonyl (C=O) groups excluding carboxylic acids is 1. The van der Waals surface area contributed by atoms with Crippen LogP contribution in [0.25, 0.3) is 12.2 Å². The third kappa shape index (κ3) is 5.27. The van der Waals surface area contributed by atoms with Gasteiger partial charge in [0.15, 0.2) is 6.61 Å². The minimum atomic E-state index is -0.350. The zero-order valence-electron chi connectivity index (χ0n) is 13.9. The smallest absolute Gasteiger partial charge is 0.262 e. The number of halogens is 1. The second-order valence-corrected chi connectivity index (χ2v) is 5.50. The first kappa shape index (κ1) is 17.4. The lowest BCUT2D eigenvalue weighted by Crippen LogP contribution is -2.20. The molecule has 0 spiro atoms. The average Bonchev–Trinajstić information content (AvgIpc) is 2.67. The van der Waals surface area contributed by atoms with Crippen LogP contribution in [0.5, 0.6) is 5.75 Å². The fourth-order valence-electron chi connectivity index (χ4n) is 2.25. The van der Waals surface area contributed by atoms with E-state index in [4.69, 9.17) is 4.74 Å². The number of hydrogen-bond acceptors (Lipinski definition) is 3. The molecule has 0 radical (unpaired) electrons. The number of hydrogen-bond donors (Lipinski definition) is 1. The first-order valence-corrected chi connectivity index (χ1v) is 8.06. The fourth-order valence-corrected chi connectivity index (χ4v) is 2.25.